The smallest absolute Gasteiger partial charge is 0.289 e. The second-order valence-electron chi connectivity index (χ2n) is 13.3. The predicted octanol–water partition coefficient (Wildman–Crippen LogP) is 3.17. The van der Waals surface area contributed by atoms with E-state index in [1.165, 1.54) is 19.8 Å². The molecule has 0 radical (unpaired) electrons. The fraction of sp³-hybridized carbons (Fsp3) is 0.541. The number of ether oxygens (including phenoxy) is 1. The van der Waals surface area contributed by atoms with Gasteiger partial charge in [0.1, 0.15) is 24.4 Å². The van der Waals surface area contributed by atoms with Crippen LogP contribution < -0.4 is 26.0 Å². The van der Waals surface area contributed by atoms with E-state index in [0.717, 1.165) is 57.3 Å². The lowest BCUT2D eigenvalue weighted by Gasteiger charge is -2.26. The second kappa shape index (κ2) is 18.3. The Morgan fingerprint density at radius 3 is 2.21 bits per heavy atom. The second-order valence-corrected chi connectivity index (χ2v) is 13.3. The number of rotatable bonds is 16. The summed E-state index contributed by atoms with van der Waals surface area (Å²) in [7, 11) is 0. The van der Waals surface area contributed by atoms with Gasteiger partial charge in [-0.25, -0.2) is 0 Å². The zero-order valence-electron chi connectivity index (χ0n) is 28.5. The summed E-state index contributed by atoms with van der Waals surface area (Å²) in [5.74, 6) is -2.82. The van der Waals surface area contributed by atoms with E-state index in [1.807, 2.05) is 30.3 Å². The van der Waals surface area contributed by atoms with Crippen LogP contribution in [0.15, 0.2) is 54.6 Å². The number of nitrogens with one attached hydrogen (secondary N) is 4. The van der Waals surface area contributed by atoms with E-state index < -0.39 is 47.5 Å². The molecule has 1 saturated carbocycles. The average molecular weight is 662 g/mol. The summed E-state index contributed by atoms with van der Waals surface area (Å²) in [4.78, 5) is 68.4. The van der Waals surface area contributed by atoms with E-state index in [-0.39, 0.29) is 18.4 Å². The van der Waals surface area contributed by atoms with Gasteiger partial charge in [-0.2, -0.15) is 0 Å². The van der Waals surface area contributed by atoms with Crippen molar-refractivity contribution in [3.8, 4) is 5.75 Å². The molecule has 2 aromatic rings. The van der Waals surface area contributed by atoms with Gasteiger partial charge in [0.05, 0.1) is 6.04 Å². The van der Waals surface area contributed by atoms with Crippen LogP contribution in [0.1, 0.15) is 81.6 Å². The van der Waals surface area contributed by atoms with Crippen molar-refractivity contribution in [1.29, 1.82) is 0 Å². The summed E-state index contributed by atoms with van der Waals surface area (Å²) in [6.07, 6.45) is 7.39. The highest BCUT2D eigenvalue weighted by atomic mass is 16.5. The molecule has 0 unspecified atom stereocenters. The Balaban J connectivity index is 1.37. The quantitative estimate of drug-likeness (QED) is 0.202. The monoisotopic (exact) mass is 661 g/mol. The molecule has 1 saturated heterocycles. The minimum atomic E-state index is -1.05. The molecule has 4 rings (SSSR count). The molecule has 1 aliphatic carbocycles. The molecule has 11 nitrogen and oxygen atoms in total. The first-order chi connectivity index (χ1) is 23.1. The van der Waals surface area contributed by atoms with Gasteiger partial charge in [-0.1, -0.05) is 69.5 Å². The molecule has 2 fully saturated rings. The first-order valence-electron chi connectivity index (χ1n) is 17.4. The standard InChI is InChI=1S/C37H51N5O6/c1-25(2)32(33(43)37(47)39-29-16-8-5-9-17-29)41-34(44)26(3)38-36(46)31(23-27-13-6-4-7-14-27)40-35(45)28-15-12-18-30(24-28)48-22-21-42-19-10-11-20-42/h4,6-7,12-15,18,24-26,29,31-32H,5,8-11,16-17,19-23H2,1-3H3,(H,38,46)(H,39,47)(H,40,45)(H,41,44)/t26-,31-,32-/m0/s1. The van der Waals surface area contributed by atoms with Crippen molar-refractivity contribution < 1.29 is 28.7 Å². The number of nitrogens with zero attached hydrogens (tertiary/aromatic N) is 1. The van der Waals surface area contributed by atoms with Crippen molar-refractivity contribution in [1.82, 2.24) is 26.2 Å². The van der Waals surface area contributed by atoms with Crippen LogP contribution in [0.2, 0.25) is 0 Å². The highest BCUT2D eigenvalue weighted by molar-refractivity contribution is 6.38. The number of likely N-dealkylation sites (tertiary alicyclic amines) is 1. The molecule has 11 heteroatoms. The summed E-state index contributed by atoms with van der Waals surface area (Å²) >= 11 is 0. The van der Waals surface area contributed by atoms with Gasteiger partial charge in [-0.15, -0.1) is 0 Å². The zero-order valence-corrected chi connectivity index (χ0v) is 28.5. The van der Waals surface area contributed by atoms with E-state index in [1.54, 1.807) is 38.1 Å². The SMILES string of the molecule is CC(C)[C@H](NC(=O)[C@H](C)NC(=O)[C@H](Cc1ccccc1)NC(=O)c1cccc(OCCN2CCCC2)c1)C(=O)C(=O)NC1CCCCC1. The van der Waals surface area contributed by atoms with E-state index >= 15 is 0 Å². The van der Waals surface area contributed by atoms with Crippen LogP contribution in [-0.4, -0.2) is 84.7 Å². The van der Waals surface area contributed by atoms with Crippen LogP contribution in [0.4, 0.5) is 0 Å². The summed E-state index contributed by atoms with van der Waals surface area (Å²) in [6.45, 7) is 8.48. The number of amides is 4. The van der Waals surface area contributed by atoms with Crippen LogP contribution >= 0.6 is 0 Å². The number of hydrogen-bond donors (Lipinski definition) is 4. The van der Waals surface area contributed by atoms with Crippen molar-refractivity contribution in [3.05, 3.63) is 65.7 Å². The summed E-state index contributed by atoms with van der Waals surface area (Å²) in [5, 5.41) is 11.0. The van der Waals surface area contributed by atoms with Crippen LogP contribution in [0.3, 0.4) is 0 Å². The zero-order chi connectivity index (χ0) is 34.5. The van der Waals surface area contributed by atoms with Crippen molar-refractivity contribution >= 4 is 29.4 Å². The summed E-state index contributed by atoms with van der Waals surface area (Å²) < 4.78 is 5.91. The third-order valence-corrected chi connectivity index (χ3v) is 9.04. The Morgan fingerprint density at radius 1 is 0.812 bits per heavy atom. The molecular formula is C37H51N5O6. The number of carbonyl (C=O) groups is 5. The van der Waals surface area contributed by atoms with Crippen LogP contribution in [0.5, 0.6) is 5.75 Å². The molecule has 2 aromatic carbocycles. The maximum Gasteiger partial charge on any atom is 0.289 e. The van der Waals surface area contributed by atoms with Gasteiger partial charge in [-0.05, 0) is 75.4 Å². The minimum absolute atomic E-state index is 0.0385. The minimum Gasteiger partial charge on any atom is -0.492 e. The Bertz CT molecular complexity index is 1390. The Morgan fingerprint density at radius 2 is 1.52 bits per heavy atom. The summed E-state index contributed by atoms with van der Waals surface area (Å²) in [5.41, 5.74) is 1.17. The molecule has 0 bridgehead atoms. The van der Waals surface area contributed by atoms with Gasteiger partial charge in [0.25, 0.3) is 11.8 Å². The van der Waals surface area contributed by atoms with Gasteiger partial charge >= 0.3 is 0 Å². The van der Waals surface area contributed by atoms with Crippen LogP contribution in [0.25, 0.3) is 0 Å². The largest absolute Gasteiger partial charge is 0.492 e. The first kappa shape index (κ1) is 36.6. The Hall–Kier alpha value is -4.25. The molecule has 1 aliphatic heterocycles. The van der Waals surface area contributed by atoms with E-state index in [0.29, 0.717) is 17.9 Å². The maximum atomic E-state index is 13.6. The summed E-state index contributed by atoms with van der Waals surface area (Å²) in [6, 6.07) is 13.0. The third-order valence-electron chi connectivity index (χ3n) is 9.04. The van der Waals surface area contributed by atoms with E-state index in [2.05, 4.69) is 26.2 Å². The van der Waals surface area contributed by atoms with Crippen molar-refractivity contribution in [2.45, 2.75) is 96.3 Å². The van der Waals surface area contributed by atoms with Crippen molar-refractivity contribution in [3.63, 3.8) is 0 Å². The van der Waals surface area contributed by atoms with Gasteiger partial charge < -0.3 is 26.0 Å². The topological polar surface area (TPSA) is 146 Å². The van der Waals surface area contributed by atoms with Gasteiger partial charge in [0.15, 0.2) is 0 Å². The number of ketones is 1. The van der Waals surface area contributed by atoms with Gasteiger partial charge in [0, 0.05) is 24.6 Å². The van der Waals surface area contributed by atoms with Crippen LogP contribution in [-0.2, 0) is 25.6 Å². The lowest BCUT2D eigenvalue weighted by atomic mass is 9.94. The fourth-order valence-electron chi connectivity index (χ4n) is 6.16. The normalized spacial score (nSPS) is 17.2. The van der Waals surface area contributed by atoms with Gasteiger partial charge in [-0.3, -0.25) is 28.9 Å². The molecule has 3 atom stereocenters. The van der Waals surface area contributed by atoms with Crippen molar-refractivity contribution in [2.24, 2.45) is 5.92 Å². The number of benzene rings is 2. The molecule has 1 heterocycles. The van der Waals surface area contributed by atoms with Gasteiger partial charge in [0.2, 0.25) is 17.6 Å². The first-order valence-corrected chi connectivity index (χ1v) is 17.4. The molecule has 260 valence electrons. The molecular weight excluding hydrogens is 610 g/mol. The maximum absolute atomic E-state index is 13.6. The predicted molar refractivity (Wildman–Crippen MR) is 183 cm³/mol. The molecule has 4 amide bonds. The molecule has 4 N–H and O–H groups in total. The molecule has 2 aliphatic rings. The van der Waals surface area contributed by atoms with Crippen LogP contribution in [0, 0.1) is 5.92 Å². The number of Topliss-reactive ketones (excluding diaryl/α,β-unsaturated/α-hetero) is 1. The Kier molecular flexibility index (Phi) is 14.0. The molecule has 0 aromatic heterocycles. The lowest BCUT2D eigenvalue weighted by molar-refractivity contribution is -0.141. The van der Waals surface area contributed by atoms with E-state index in [4.69, 9.17) is 4.74 Å². The van der Waals surface area contributed by atoms with Crippen molar-refractivity contribution in [2.75, 3.05) is 26.2 Å². The lowest BCUT2D eigenvalue weighted by Crippen LogP contribution is -2.57. The molecule has 0 spiro atoms. The fourth-order valence-corrected chi connectivity index (χ4v) is 6.16. The average Bonchev–Trinajstić information content (AvgIpc) is 3.61. The van der Waals surface area contributed by atoms with E-state index in [9.17, 15) is 24.0 Å². The highest BCUT2D eigenvalue weighted by Gasteiger charge is 2.33. The highest BCUT2D eigenvalue weighted by Crippen LogP contribution is 2.18. The third kappa shape index (κ3) is 11.2. The molecule has 48 heavy (non-hydrogen) atoms. The number of carbonyl (C=O) groups excluding carboxylic acids is 5. The Labute approximate surface area is 283 Å². The number of hydrogen-bond acceptors (Lipinski definition) is 7.